The van der Waals surface area contributed by atoms with Crippen molar-refractivity contribution in [1.29, 1.82) is 0 Å². The van der Waals surface area contributed by atoms with Crippen LogP contribution in [0.4, 0.5) is 10.3 Å². The largest absolute Gasteiger partial charge is 0.419 e. The van der Waals surface area contributed by atoms with Gasteiger partial charge in [0.05, 0.1) is 38.1 Å². The normalized spacial score (nSPS) is 15.7. The molecule has 2 heterocycles. The van der Waals surface area contributed by atoms with Crippen molar-refractivity contribution in [3.05, 3.63) is 60.4 Å². The molecule has 1 aromatic heterocycles. The summed E-state index contributed by atoms with van der Waals surface area (Å²) in [5.41, 5.74) is 0.698. The first-order chi connectivity index (χ1) is 13.4. The highest BCUT2D eigenvalue weighted by molar-refractivity contribution is 7.91. The molecule has 0 atom stereocenters. The van der Waals surface area contributed by atoms with Gasteiger partial charge in [-0.25, -0.2) is 12.8 Å². The number of sulfone groups is 1. The lowest BCUT2D eigenvalue weighted by Gasteiger charge is -2.29. The molecule has 0 aliphatic carbocycles. The zero-order valence-corrected chi connectivity index (χ0v) is 16.2. The number of nitrogens with zero attached hydrogens (tertiary/aromatic N) is 2. The maximum absolute atomic E-state index is 13.3. The Hall–Kier alpha value is -2.71. The van der Waals surface area contributed by atoms with Gasteiger partial charge in [-0.2, -0.15) is 4.98 Å². The number of hydrogen-bond donors (Lipinski definition) is 1. The zero-order chi connectivity index (χ0) is 19.7. The van der Waals surface area contributed by atoms with E-state index >= 15 is 0 Å². The van der Waals surface area contributed by atoms with Crippen molar-refractivity contribution in [2.24, 2.45) is 0 Å². The standard InChI is InChI=1S/C20H20FN3O3S/c1-23-11-13-24(14-12-23)20-19(22-18(27-20)15-5-3-2-4-6-15)28(25,26)17-9-7-16(21)8-10-17/h2-10H,11-14H2,1H3/p+1. The van der Waals surface area contributed by atoms with Gasteiger partial charge < -0.3 is 14.2 Å². The summed E-state index contributed by atoms with van der Waals surface area (Å²) in [5, 5.41) is -0.127. The van der Waals surface area contributed by atoms with E-state index in [0.29, 0.717) is 18.7 Å². The third-order valence-electron chi connectivity index (χ3n) is 4.88. The third-order valence-corrected chi connectivity index (χ3v) is 6.55. The Morgan fingerprint density at radius 1 is 1.04 bits per heavy atom. The van der Waals surface area contributed by atoms with Gasteiger partial charge in [0, 0.05) is 5.56 Å². The fraction of sp³-hybridized carbons (Fsp3) is 0.250. The first kappa shape index (κ1) is 18.6. The molecule has 28 heavy (non-hydrogen) atoms. The summed E-state index contributed by atoms with van der Waals surface area (Å²) < 4.78 is 45.7. The number of likely N-dealkylation sites (N-methyl/N-ethyl adjacent to an activating group) is 1. The molecular weight excluding hydrogens is 381 g/mol. The number of anilines is 1. The van der Waals surface area contributed by atoms with Crippen LogP contribution in [0.3, 0.4) is 0 Å². The average Bonchev–Trinajstić information content (AvgIpc) is 3.16. The Morgan fingerprint density at radius 3 is 2.32 bits per heavy atom. The molecule has 2 aromatic carbocycles. The third kappa shape index (κ3) is 3.53. The predicted molar refractivity (Wildman–Crippen MR) is 103 cm³/mol. The number of rotatable bonds is 4. The van der Waals surface area contributed by atoms with Crippen LogP contribution in [0.1, 0.15) is 0 Å². The molecule has 1 saturated heterocycles. The molecule has 1 fully saturated rings. The van der Waals surface area contributed by atoms with E-state index in [9.17, 15) is 12.8 Å². The van der Waals surface area contributed by atoms with Crippen molar-refractivity contribution in [2.75, 3.05) is 38.1 Å². The van der Waals surface area contributed by atoms with Crippen molar-refractivity contribution in [1.82, 2.24) is 4.98 Å². The second-order valence-electron chi connectivity index (χ2n) is 6.90. The first-order valence-corrected chi connectivity index (χ1v) is 10.6. The van der Waals surface area contributed by atoms with Crippen LogP contribution in [0.25, 0.3) is 11.5 Å². The van der Waals surface area contributed by atoms with E-state index in [1.54, 1.807) is 0 Å². The van der Waals surface area contributed by atoms with E-state index < -0.39 is 15.7 Å². The highest BCUT2D eigenvalue weighted by Crippen LogP contribution is 2.34. The molecule has 1 aliphatic heterocycles. The fourth-order valence-electron chi connectivity index (χ4n) is 3.19. The average molecular weight is 402 g/mol. The number of hydrogen-bond acceptors (Lipinski definition) is 5. The number of aromatic nitrogens is 1. The smallest absolute Gasteiger partial charge is 0.236 e. The molecule has 0 bridgehead atoms. The van der Waals surface area contributed by atoms with E-state index in [0.717, 1.165) is 25.2 Å². The SMILES string of the molecule is C[NH+]1CCN(c2oc(-c3ccccc3)nc2S(=O)(=O)c2ccc(F)cc2)CC1. The molecule has 1 aliphatic rings. The number of benzene rings is 2. The summed E-state index contributed by atoms with van der Waals surface area (Å²) in [4.78, 5) is 7.63. The second kappa shape index (κ2) is 7.37. The Balaban J connectivity index is 1.82. The van der Waals surface area contributed by atoms with Gasteiger partial charge in [0.25, 0.3) is 0 Å². The van der Waals surface area contributed by atoms with E-state index in [4.69, 9.17) is 4.42 Å². The molecule has 1 N–H and O–H groups in total. The number of oxazole rings is 1. The molecule has 6 nitrogen and oxygen atoms in total. The van der Waals surface area contributed by atoms with Gasteiger partial charge >= 0.3 is 0 Å². The van der Waals surface area contributed by atoms with Crippen LogP contribution in [0, 0.1) is 5.82 Å². The number of piperazine rings is 1. The molecule has 146 valence electrons. The second-order valence-corrected chi connectivity index (χ2v) is 8.76. The molecule has 4 rings (SSSR count). The van der Waals surface area contributed by atoms with Crippen molar-refractivity contribution < 1.29 is 22.1 Å². The summed E-state index contributed by atoms with van der Waals surface area (Å²) >= 11 is 0. The number of halogens is 1. The maximum Gasteiger partial charge on any atom is 0.236 e. The Morgan fingerprint density at radius 2 is 1.68 bits per heavy atom. The van der Waals surface area contributed by atoms with Crippen molar-refractivity contribution in [3.63, 3.8) is 0 Å². The highest BCUT2D eigenvalue weighted by atomic mass is 32.2. The Labute approximate surface area is 163 Å². The van der Waals surface area contributed by atoms with Crippen LogP contribution in [-0.4, -0.2) is 46.6 Å². The summed E-state index contributed by atoms with van der Waals surface area (Å²) in [5.74, 6) is 0.00424. The van der Waals surface area contributed by atoms with Gasteiger partial charge in [0.1, 0.15) is 5.82 Å². The van der Waals surface area contributed by atoms with Gasteiger partial charge in [-0.3, -0.25) is 0 Å². The fourth-order valence-corrected chi connectivity index (χ4v) is 4.52. The number of quaternary nitrogens is 1. The zero-order valence-electron chi connectivity index (χ0n) is 15.4. The summed E-state index contributed by atoms with van der Waals surface area (Å²) in [6.45, 7) is 3.08. The van der Waals surface area contributed by atoms with Crippen LogP contribution in [0.15, 0.2) is 68.9 Å². The first-order valence-electron chi connectivity index (χ1n) is 9.08. The predicted octanol–water partition coefficient (Wildman–Crippen LogP) is 1.65. The maximum atomic E-state index is 13.3. The molecule has 0 radical (unpaired) electrons. The Bertz CT molecular complexity index is 1060. The monoisotopic (exact) mass is 402 g/mol. The lowest BCUT2D eigenvalue weighted by atomic mass is 10.2. The highest BCUT2D eigenvalue weighted by Gasteiger charge is 2.33. The van der Waals surface area contributed by atoms with E-state index in [2.05, 4.69) is 12.0 Å². The lowest BCUT2D eigenvalue weighted by molar-refractivity contribution is -0.880. The number of nitrogens with one attached hydrogen (secondary N) is 1. The van der Waals surface area contributed by atoms with E-state index in [1.807, 2.05) is 35.2 Å². The Kier molecular flexibility index (Phi) is 4.91. The van der Waals surface area contributed by atoms with Gasteiger partial charge in [-0.1, -0.05) is 18.2 Å². The molecular formula is C20H21FN3O3S+. The van der Waals surface area contributed by atoms with E-state index in [1.165, 1.54) is 17.0 Å². The summed E-state index contributed by atoms with van der Waals surface area (Å²) in [6.07, 6.45) is 0. The van der Waals surface area contributed by atoms with Gasteiger partial charge in [-0.15, -0.1) is 0 Å². The van der Waals surface area contributed by atoms with Gasteiger partial charge in [0.2, 0.25) is 26.6 Å². The minimum atomic E-state index is -3.96. The van der Waals surface area contributed by atoms with Crippen LogP contribution < -0.4 is 9.80 Å². The van der Waals surface area contributed by atoms with Crippen LogP contribution >= 0.6 is 0 Å². The molecule has 0 spiro atoms. The minimum absolute atomic E-state index is 0.0113. The molecule has 8 heteroatoms. The molecule has 3 aromatic rings. The molecule has 0 saturated carbocycles. The van der Waals surface area contributed by atoms with Gasteiger partial charge in [-0.05, 0) is 36.4 Å². The van der Waals surface area contributed by atoms with Crippen LogP contribution in [0.2, 0.25) is 0 Å². The van der Waals surface area contributed by atoms with Crippen LogP contribution in [-0.2, 0) is 9.84 Å². The van der Waals surface area contributed by atoms with Crippen LogP contribution in [0.5, 0.6) is 0 Å². The van der Waals surface area contributed by atoms with Crippen molar-refractivity contribution in [2.45, 2.75) is 9.92 Å². The quantitative estimate of drug-likeness (QED) is 0.672. The van der Waals surface area contributed by atoms with E-state index in [-0.39, 0.29) is 21.7 Å². The minimum Gasteiger partial charge on any atom is -0.419 e. The van der Waals surface area contributed by atoms with Gasteiger partial charge in [0.15, 0.2) is 0 Å². The van der Waals surface area contributed by atoms with Crippen molar-refractivity contribution in [3.8, 4) is 11.5 Å². The molecule has 0 amide bonds. The summed E-state index contributed by atoms with van der Waals surface area (Å²) in [7, 11) is -1.86. The lowest BCUT2D eigenvalue weighted by Crippen LogP contribution is -3.12. The molecule has 0 unspecified atom stereocenters. The van der Waals surface area contributed by atoms with Crippen molar-refractivity contribution >= 4 is 15.7 Å². The summed E-state index contributed by atoms with van der Waals surface area (Å²) in [6, 6.07) is 13.9. The topological polar surface area (TPSA) is 67.8 Å².